The number of benzene rings is 1. The molecule has 0 atom stereocenters. The lowest BCUT2D eigenvalue weighted by molar-refractivity contribution is 0.325. The van der Waals surface area contributed by atoms with E-state index < -0.39 is 15.7 Å². The molecule has 32 heavy (non-hydrogen) atoms. The average molecular weight is 461 g/mol. The Bertz CT molecular complexity index is 1210. The summed E-state index contributed by atoms with van der Waals surface area (Å²) in [5, 5.41) is 6.95. The molecule has 1 aromatic carbocycles. The van der Waals surface area contributed by atoms with Gasteiger partial charge in [-0.05, 0) is 31.0 Å². The SMILES string of the molecule is CC(C)c1noc(C2CCN(c3cc(Nc4ccc(S(C)(=O)=O)cc4F)ncn3)CC2)n1. The van der Waals surface area contributed by atoms with E-state index in [1.165, 1.54) is 18.5 Å². The molecule has 1 N–H and O–H groups in total. The van der Waals surface area contributed by atoms with Crippen molar-refractivity contribution >= 4 is 27.2 Å². The van der Waals surface area contributed by atoms with Crippen molar-refractivity contribution in [3.63, 3.8) is 0 Å². The van der Waals surface area contributed by atoms with Crippen molar-refractivity contribution in [2.24, 2.45) is 0 Å². The van der Waals surface area contributed by atoms with E-state index in [0.717, 1.165) is 49.9 Å². The van der Waals surface area contributed by atoms with Gasteiger partial charge >= 0.3 is 0 Å². The van der Waals surface area contributed by atoms with Crippen LogP contribution in [0.25, 0.3) is 0 Å². The summed E-state index contributed by atoms with van der Waals surface area (Å²) in [5.74, 6) is 2.33. The fourth-order valence-electron chi connectivity index (χ4n) is 3.56. The number of hydrogen-bond donors (Lipinski definition) is 1. The zero-order valence-corrected chi connectivity index (χ0v) is 18.9. The fraction of sp³-hybridized carbons (Fsp3) is 0.429. The van der Waals surface area contributed by atoms with Gasteiger partial charge in [0, 0.05) is 37.2 Å². The van der Waals surface area contributed by atoms with Crippen LogP contribution in [0.2, 0.25) is 0 Å². The summed E-state index contributed by atoms with van der Waals surface area (Å²) in [4.78, 5) is 15.1. The molecule has 3 heterocycles. The van der Waals surface area contributed by atoms with Crippen LogP contribution in [-0.2, 0) is 9.84 Å². The number of piperidine rings is 1. The third-order valence-corrected chi connectivity index (χ3v) is 6.54. The van der Waals surface area contributed by atoms with Crippen LogP contribution in [0.5, 0.6) is 0 Å². The van der Waals surface area contributed by atoms with E-state index in [1.54, 1.807) is 6.07 Å². The van der Waals surface area contributed by atoms with Crippen molar-refractivity contribution in [3.05, 3.63) is 48.1 Å². The highest BCUT2D eigenvalue weighted by atomic mass is 32.2. The normalized spacial score (nSPS) is 15.3. The topological polar surface area (TPSA) is 114 Å². The van der Waals surface area contributed by atoms with Crippen LogP contribution >= 0.6 is 0 Å². The lowest BCUT2D eigenvalue weighted by Crippen LogP contribution is -2.33. The largest absolute Gasteiger partial charge is 0.356 e. The van der Waals surface area contributed by atoms with Crippen LogP contribution in [0.4, 0.5) is 21.7 Å². The summed E-state index contributed by atoms with van der Waals surface area (Å²) in [7, 11) is -3.48. The van der Waals surface area contributed by atoms with Crippen molar-refractivity contribution in [1.29, 1.82) is 0 Å². The van der Waals surface area contributed by atoms with E-state index in [-0.39, 0.29) is 22.4 Å². The zero-order valence-electron chi connectivity index (χ0n) is 18.1. The first-order valence-corrected chi connectivity index (χ1v) is 12.3. The van der Waals surface area contributed by atoms with Crippen LogP contribution < -0.4 is 10.2 Å². The predicted octanol–water partition coefficient (Wildman–Crippen LogP) is 3.65. The second-order valence-corrected chi connectivity index (χ2v) is 10.2. The van der Waals surface area contributed by atoms with Gasteiger partial charge in [-0.15, -0.1) is 0 Å². The molecule has 0 bridgehead atoms. The van der Waals surface area contributed by atoms with Gasteiger partial charge in [0.25, 0.3) is 0 Å². The Hall–Kier alpha value is -3.08. The summed E-state index contributed by atoms with van der Waals surface area (Å²) >= 11 is 0. The molecule has 1 fully saturated rings. The first-order chi connectivity index (χ1) is 15.2. The van der Waals surface area contributed by atoms with Crippen molar-refractivity contribution < 1.29 is 17.3 Å². The summed E-state index contributed by atoms with van der Waals surface area (Å²) in [6, 6.07) is 5.48. The molecule has 1 aliphatic rings. The molecule has 0 spiro atoms. The first kappa shape index (κ1) is 22.1. The van der Waals surface area contributed by atoms with E-state index in [9.17, 15) is 12.8 Å². The lowest BCUT2D eigenvalue weighted by atomic mass is 9.97. The number of hydrogen-bond acceptors (Lipinski definition) is 9. The Balaban J connectivity index is 1.42. The van der Waals surface area contributed by atoms with Gasteiger partial charge in [0.05, 0.1) is 10.6 Å². The number of aromatic nitrogens is 4. The Morgan fingerprint density at radius 3 is 2.56 bits per heavy atom. The quantitative estimate of drug-likeness (QED) is 0.588. The van der Waals surface area contributed by atoms with Gasteiger partial charge in [0.1, 0.15) is 23.8 Å². The second kappa shape index (κ2) is 8.81. The van der Waals surface area contributed by atoms with Crippen LogP contribution in [0, 0.1) is 5.82 Å². The number of rotatable bonds is 6. The number of sulfone groups is 1. The predicted molar refractivity (Wildman–Crippen MR) is 117 cm³/mol. The monoisotopic (exact) mass is 460 g/mol. The number of nitrogens with zero attached hydrogens (tertiary/aromatic N) is 5. The van der Waals surface area contributed by atoms with Crippen LogP contribution in [0.3, 0.4) is 0 Å². The molecule has 0 amide bonds. The van der Waals surface area contributed by atoms with E-state index in [1.807, 2.05) is 13.8 Å². The van der Waals surface area contributed by atoms with Gasteiger partial charge in [-0.1, -0.05) is 19.0 Å². The minimum absolute atomic E-state index is 0.0754. The van der Waals surface area contributed by atoms with Gasteiger partial charge < -0.3 is 14.7 Å². The van der Waals surface area contributed by atoms with Gasteiger partial charge in [-0.2, -0.15) is 4.98 Å². The van der Waals surface area contributed by atoms with Crippen molar-refractivity contribution in [1.82, 2.24) is 20.1 Å². The van der Waals surface area contributed by atoms with Gasteiger partial charge in [0.2, 0.25) is 5.89 Å². The third-order valence-electron chi connectivity index (χ3n) is 5.43. The second-order valence-electron chi connectivity index (χ2n) is 8.21. The molecule has 11 heteroatoms. The number of anilines is 3. The van der Waals surface area contributed by atoms with Crippen molar-refractivity contribution in [3.8, 4) is 0 Å². The van der Waals surface area contributed by atoms with Gasteiger partial charge in [0.15, 0.2) is 15.7 Å². The molecule has 1 aliphatic heterocycles. The minimum atomic E-state index is -3.48. The molecule has 3 aromatic rings. The summed E-state index contributed by atoms with van der Waals surface area (Å²) < 4.78 is 43.0. The summed E-state index contributed by atoms with van der Waals surface area (Å²) in [6.07, 6.45) is 4.16. The molecular formula is C21H25FN6O3S. The molecule has 0 unspecified atom stereocenters. The summed E-state index contributed by atoms with van der Waals surface area (Å²) in [5.41, 5.74) is 0.137. The maximum Gasteiger partial charge on any atom is 0.229 e. The molecular weight excluding hydrogens is 435 g/mol. The lowest BCUT2D eigenvalue weighted by Gasteiger charge is -2.31. The molecule has 9 nitrogen and oxygen atoms in total. The highest BCUT2D eigenvalue weighted by Gasteiger charge is 2.26. The first-order valence-electron chi connectivity index (χ1n) is 10.4. The Morgan fingerprint density at radius 1 is 1.19 bits per heavy atom. The molecule has 2 aromatic heterocycles. The Morgan fingerprint density at radius 2 is 1.94 bits per heavy atom. The zero-order chi connectivity index (χ0) is 22.9. The molecule has 0 radical (unpaired) electrons. The summed E-state index contributed by atoms with van der Waals surface area (Å²) in [6.45, 7) is 5.59. The van der Waals surface area contributed by atoms with Crippen molar-refractivity contribution in [2.45, 2.75) is 43.4 Å². The number of nitrogens with one attached hydrogen (secondary N) is 1. The van der Waals surface area contributed by atoms with Crippen LogP contribution in [0.15, 0.2) is 40.0 Å². The standard InChI is InChI=1S/C21H25FN6O3S/c1-13(2)20-26-21(31-27-20)14-6-8-28(9-7-14)19-11-18(23-12-24-19)25-17-5-4-15(10-16(17)22)32(3,29)30/h4-5,10-14H,6-9H2,1-3H3,(H,23,24,25). The average Bonchev–Trinajstić information content (AvgIpc) is 3.25. The van der Waals surface area contributed by atoms with Crippen LogP contribution in [-0.4, -0.2) is 47.9 Å². The Kier molecular flexibility index (Phi) is 6.09. The fourth-order valence-corrected chi connectivity index (χ4v) is 4.19. The molecule has 0 saturated carbocycles. The molecule has 170 valence electrons. The van der Waals surface area contributed by atoms with E-state index in [4.69, 9.17) is 4.52 Å². The smallest absolute Gasteiger partial charge is 0.229 e. The minimum Gasteiger partial charge on any atom is -0.356 e. The van der Waals surface area contributed by atoms with Gasteiger partial charge in [-0.25, -0.2) is 22.8 Å². The maximum absolute atomic E-state index is 14.4. The van der Waals surface area contributed by atoms with Gasteiger partial charge in [-0.3, -0.25) is 0 Å². The molecule has 1 saturated heterocycles. The van der Waals surface area contributed by atoms with Crippen LogP contribution in [0.1, 0.15) is 50.2 Å². The highest BCUT2D eigenvalue weighted by Crippen LogP contribution is 2.30. The van der Waals surface area contributed by atoms with E-state index in [2.05, 4.69) is 30.3 Å². The maximum atomic E-state index is 14.4. The van der Waals surface area contributed by atoms with Crippen molar-refractivity contribution in [2.75, 3.05) is 29.6 Å². The van der Waals surface area contributed by atoms with E-state index >= 15 is 0 Å². The number of halogens is 1. The molecule has 4 rings (SSSR count). The van der Waals surface area contributed by atoms with E-state index in [0.29, 0.717) is 11.7 Å². The third kappa shape index (κ3) is 4.87. The molecule has 0 aliphatic carbocycles. The Labute approximate surface area is 186 Å². The highest BCUT2D eigenvalue weighted by molar-refractivity contribution is 7.90.